The lowest BCUT2D eigenvalue weighted by molar-refractivity contribution is -0.118. The highest BCUT2D eigenvalue weighted by atomic mass is 16.3. The molecule has 7 nitrogen and oxygen atoms in total. The lowest BCUT2D eigenvalue weighted by Crippen LogP contribution is -2.36. The summed E-state index contributed by atoms with van der Waals surface area (Å²) in [7, 11) is 0. The van der Waals surface area contributed by atoms with Crippen LogP contribution in [0.25, 0.3) is 11.4 Å². The number of pyridine rings is 1. The van der Waals surface area contributed by atoms with Gasteiger partial charge in [-0.1, -0.05) is 32.0 Å². The second kappa shape index (κ2) is 6.27. The minimum Gasteiger partial charge on any atom is -0.508 e. The second-order valence-corrected chi connectivity index (χ2v) is 8.40. The van der Waals surface area contributed by atoms with Crippen molar-refractivity contribution in [2.45, 2.75) is 32.7 Å². The van der Waals surface area contributed by atoms with Gasteiger partial charge in [0.15, 0.2) is 11.6 Å². The molecule has 0 amide bonds. The fourth-order valence-electron chi connectivity index (χ4n) is 4.22. The quantitative estimate of drug-likeness (QED) is 0.696. The lowest BCUT2D eigenvalue weighted by Gasteiger charge is -2.38. The molecule has 3 heterocycles. The van der Waals surface area contributed by atoms with Crippen molar-refractivity contribution in [3.63, 3.8) is 0 Å². The van der Waals surface area contributed by atoms with E-state index in [9.17, 15) is 9.90 Å². The number of Topliss-reactive ketones (excluding diaryl/α,β-unsaturated/α-hetero) is 1. The number of ketones is 1. The maximum absolute atomic E-state index is 13.1. The van der Waals surface area contributed by atoms with Gasteiger partial charge in [-0.05, 0) is 35.6 Å². The van der Waals surface area contributed by atoms with Crippen molar-refractivity contribution >= 4 is 11.7 Å². The van der Waals surface area contributed by atoms with Crippen LogP contribution in [0.2, 0.25) is 0 Å². The van der Waals surface area contributed by atoms with Crippen molar-refractivity contribution in [3.8, 4) is 17.1 Å². The van der Waals surface area contributed by atoms with Crippen LogP contribution in [0.15, 0.2) is 60.1 Å². The lowest BCUT2D eigenvalue weighted by atomic mass is 9.73. The number of fused-ring (bicyclic) bond motifs is 1. The maximum atomic E-state index is 13.1. The first-order chi connectivity index (χ1) is 13.9. The molecule has 0 fully saturated rings. The topological polar surface area (TPSA) is 92.9 Å². The number of aromatic hydroxyl groups is 1. The summed E-state index contributed by atoms with van der Waals surface area (Å²) in [4.78, 5) is 22.1. The first-order valence-electron chi connectivity index (χ1n) is 9.60. The molecule has 0 bridgehead atoms. The van der Waals surface area contributed by atoms with E-state index in [-0.39, 0.29) is 23.0 Å². The number of hydrogen-bond donors (Lipinski definition) is 2. The molecule has 7 heteroatoms. The van der Waals surface area contributed by atoms with E-state index in [1.54, 1.807) is 35.3 Å². The SMILES string of the molecule is CC1(C)CC(=O)C2=C(C1)Nc1nc(-c3cccc(O)c3)nn1C2c1cccnc1. The van der Waals surface area contributed by atoms with Gasteiger partial charge >= 0.3 is 0 Å². The summed E-state index contributed by atoms with van der Waals surface area (Å²) in [6.07, 6.45) is 4.74. The minimum absolute atomic E-state index is 0.112. The van der Waals surface area contributed by atoms with Gasteiger partial charge in [0.25, 0.3) is 0 Å². The molecule has 1 unspecified atom stereocenters. The smallest absolute Gasteiger partial charge is 0.226 e. The van der Waals surface area contributed by atoms with Crippen LogP contribution >= 0.6 is 0 Å². The molecule has 3 aromatic rings. The summed E-state index contributed by atoms with van der Waals surface area (Å²) >= 11 is 0. The summed E-state index contributed by atoms with van der Waals surface area (Å²) in [6.45, 7) is 4.21. The van der Waals surface area contributed by atoms with E-state index in [1.165, 1.54) is 0 Å². The number of nitrogens with zero attached hydrogens (tertiary/aromatic N) is 4. The Morgan fingerprint density at radius 1 is 1.21 bits per heavy atom. The molecule has 1 aliphatic heterocycles. The number of carbonyl (C=O) groups is 1. The summed E-state index contributed by atoms with van der Waals surface area (Å²) in [5.74, 6) is 1.35. The Bertz CT molecular complexity index is 1150. The number of allylic oxidation sites excluding steroid dienone is 2. The second-order valence-electron chi connectivity index (χ2n) is 8.40. The standard InChI is InChI=1S/C22H21N5O2/c1-22(2)10-16-18(17(29)11-22)19(14-6-4-8-23-12-14)27-21(24-16)25-20(26-27)13-5-3-7-15(28)9-13/h3-9,12,19,28H,10-11H2,1-2H3,(H,24,25,26). The first kappa shape index (κ1) is 17.6. The number of hydrogen-bond acceptors (Lipinski definition) is 6. The predicted molar refractivity (Wildman–Crippen MR) is 108 cm³/mol. The highest BCUT2D eigenvalue weighted by Gasteiger charge is 2.41. The van der Waals surface area contributed by atoms with Gasteiger partial charge in [0.1, 0.15) is 11.8 Å². The van der Waals surface area contributed by atoms with Crippen molar-refractivity contribution in [3.05, 3.63) is 65.6 Å². The average molecular weight is 387 g/mol. The van der Waals surface area contributed by atoms with E-state index >= 15 is 0 Å². The normalized spacial score (nSPS) is 20.1. The molecule has 0 saturated heterocycles. The van der Waals surface area contributed by atoms with Gasteiger partial charge in [-0.2, -0.15) is 4.98 Å². The number of carbonyl (C=O) groups excluding carboxylic acids is 1. The van der Waals surface area contributed by atoms with Crippen LogP contribution in [0.5, 0.6) is 5.75 Å². The van der Waals surface area contributed by atoms with Gasteiger partial charge in [-0.25, -0.2) is 4.68 Å². The van der Waals surface area contributed by atoms with E-state index in [0.717, 1.165) is 23.3 Å². The molecule has 2 aliphatic rings. The van der Waals surface area contributed by atoms with E-state index in [4.69, 9.17) is 5.10 Å². The van der Waals surface area contributed by atoms with Crippen LogP contribution in [0.1, 0.15) is 38.3 Å². The molecule has 1 atom stereocenters. The van der Waals surface area contributed by atoms with Crippen LogP contribution in [0.3, 0.4) is 0 Å². The molecule has 146 valence electrons. The highest BCUT2D eigenvalue weighted by molar-refractivity contribution is 6.00. The van der Waals surface area contributed by atoms with Crippen molar-refractivity contribution in [2.24, 2.45) is 5.41 Å². The van der Waals surface area contributed by atoms with Gasteiger partial charge in [0, 0.05) is 35.6 Å². The van der Waals surface area contributed by atoms with Crippen molar-refractivity contribution in [2.75, 3.05) is 5.32 Å². The molecule has 0 saturated carbocycles. The Labute approximate surface area is 168 Å². The molecule has 1 aromatic carbocycles. The van der Waals surface area contributed by atoms with Crippen molar-refractivity contribution in [1.29, 1.82) is 0 Å². The molecular formula is C22H21N5O2. The highest BCUT2D eigenvalue weighted by Crippen LogP contribution is 2.45. The number of rotatable bonds is 2. The fraction of sp³-hybridized carbons (Fsp3) is 0.273. The van der Waals surface area contributed by atoms with Crippen LogP contribution in [-0.2, 0) is 4.79 Å². The Morgan fingerprint density at radius 2 is 2.07 bits per heavy atom. The van der Waals surface area contributed by atoms with Gasteiger partial charge in [0.2, 0.25) is 5.95 Å². The third-order valence-corrected chi connectivity index (χ3v) is 5.44. The van der Waals surface area contributed by atoms with E-state index in [2.05, 4.69) is 29.1 Å². The molecule has 5 rings (SSSR count). The van der Waals surface area contributed by atoms with Gasteiger partial charge < -0.3 is 10.4 Å². The third kappa shape index (κ3) is 2.99. The van der Waals surface area contributed by atoms with Crippen LogP contribution < -0.4 is 5.32 Å². The van der Waals surface area contributed by atoms with Gasteiger partial charge in [-0.15, -0.1) is 5.10 Å². The van der Waals surface area contributed by atoms with Crippen LogP contribution in [0.4, 0.5) is 5.95 Å². The van der Waals surface area contributed by atoms with Crippen LogP contribution in [-0.4, -0.2) is 30.6 Å². The van der Waals surface area contributed by atoms with Crippen LogP contribution in [0, 0.1) is 5.41 Å². The summed E-state index contributed by atoms with van der Waals surface area (Å²) < 4.78 is 1.76. The average Bonchev–Trinajstić information content (AvgIpc) is 3.10. The Kier molecular flexibility index (Phi) is 3.81. The minimum atomic E-state index is -0.378. The molecular weight excluding hydrogens is 366 g/mol. The number of nitrogens with one attached hydrogen (secondary N) is 1. The number of benzene rings is 1. The molecule has 2 N–H and O–H groups in total. The monoisotopic (exact) mass is 387 g/mol. The summed E-state index contributed by atoms with van der Waals surface area (Å²) in [6, 6.07) is 10.3. The zero-order valence-corrected chi connectivity index (χ0v) is 16.3. The van der Waals surface area contributed by atoms with Crippen molar-refractivity contribution < 1.29 is 9.90 Å². The predicted octanol–water partition coefficient (Wildman–Crippen LogP) is 3.70. The number of phenolic OH excluding ortho intramolecular Hbond substituents is 1. The third-order valence-electron chi connectivity index (χ3n) is 5.44. The Morgan fingerprint density at radius 3 is 2.83 bits per heavy atom. The molecule has 0 radical (unpaired) electrons. The van der Waals surface area contributed by atoms with E-state index in [1.807, 2.05) is 18.2 Å². The Hall–Kier alpha value is -3.48. The largest absolute Gasteiger partial charge is 0.508 e. The van der Waals surface area contributed by atoms with Gasteiger partial charge in [0.05, 0.1) is 0 Å². The molecule has 1 aliphatic carbocycles. The Balaban J connectivity index is 1.68. The first-order valence-corrected chi connectivity index (χ1v) is 9.60. The van der Waals surface area contributed by atoms with E-state index in [0.29, 0.717) is 23.8 Å². The number of anilines is 1. The molecule has 0 spiro atoms. The van der Waals surface area contributed by atoms with Gasteiger partial charge in [-0.3, -0.25) is 9.78 Å². The number of phenols is 1. The zero-order chi connectivity index (χ0) is 20.2. The molecule has 29 heavy (non-hydrogen) atoms. The van der Waals surface area contributed by atoms with E-state index < -0.39 is 0 Å². The maximum Gasteiger partial charge on any atom is 0.226 e. The van der Waals surface area contributed by atoms with Crippen molar-refractivity contribution in [1.82, 2.24) is 19.7 Å². The number of aromatic nitrogens is 4. The molecule has 2 aromatic heterocycles. The summed E-state index contributed by atoms with van der Waals surface area (Å²) in [5.41, 5.74) is 3.13. The fourth-order valence-corrected chi connectivity index (χ4v) is 4.22. The summed E-state index contributed by atoms with van der Waals surface area (Å²) in [5, 5.41) is 17.9. The zero-order valence-electron chi connectivity index (χ0n) is 16.3.